The maximum absolute atomic E-state index is 12.1. The van der Waals surface area contributed by atoms with E-state index in [-0.39, 0.29) is 6.61 Å². The molecule has 2 amide bonds. The van der Waals surface area contributed by atoms with Crippen molar-refractivity contribution in [1.82, 2.24) is 10.9 Å². The van der Waals surface area contributed by atoms with Crippen molar-refractivity contribution in [2.45, 2.75) is 27.2 Å². The highest BCUT2D eigenvalue weighted by molar-refractivity contribution is 5.95. The number of aryl methyl sites for hydroxylation is 2. The molecule has 0 unspecified atom stereocenters. The number of hydrogen-bond donors (Lipinski definition) is 2. The number of benzene rings is 2. The Labute approximate surface area is 153 Å². The first-order chi connectivity index (χ1) is 12.5. The Morgan fingerprint density at radius 2 is 1.65 bits per heavy atom. The second kappa shape index (κ2) is 9.46. The Kier molecular flexibility index (Phi) is 7.02. The molecule has 0 spiro atoms. The van der Waals surface area contributed by atoms with Crippen LogP contribution in [0.1, 0.15) is 34.8 Å². The highest BCUT2D eigenvalue weighted by Crippen LogP contribution is 2.22. The number of carbonyl (C=O) groups is 2. The summed E-state index contributed by atoms with van der Waals surface area (Å²) in [6.45, 7) is 6.22. The smallest absolute Gasteiger partial charge is 0.276 e. The van der Waals surface area contributed by atoms with E-state index >= 15 is 0 Å². The van der Waals surface area contributed by atoms with Crippen molar-refractivity contribution in [3.8, 4) is 11.5 Å². The molecule has 0 atom stereocenters. The molecule has 2 aromatic rings. The van der Waals surface area contributed by atoms with E-state index in [0.29, 0.717) is 23.7 Å². The molecule has 138 valence electrons. The van der Waals surface area contributed by atoms with Gasteiger partial charge in [0.2, 0.25) is 0 Å². The third-order valence-electron chi connectivity index (χ3n) is 3.64. The number of amides is 2. The van der Waals surface area contributed by atoms with Crippen molar-refractivity contribution in [1.29, 1.82) is 0 Å². The molecule has 6 heteroatoms. The van der Waals surface area contributed by atoms with E-state index in [2.05, 4.69) is 10.9 Å². The van der Waals surface area contributed by atoms with E-state index in [1.807, 2.05) is 39.0 Å². The molecule has 0 aliphatic rings. The van der Waals surface area contributed by atoms with Crippen LogP contribution in [-0.4, -0.2) is 25.0 Å². The molecule has 0 heterocycles. The summed E-state index contributed by atoms with van der Waals surface area (Å²) in [6, 6.07) is 12.5. The van der Waals surface area contributed by atoms with E-state index in [1.54, 1.807) is 24.3 Å². The monoisotopic (exact) mass is 356 g/mol. The SMILES string of the molecule is CCCOc1cccc(C(=O)NNC(=O)COc2c(C)cccc2C)c1. The average Bonchev–Trinajstić information content (AvgIpc) is 2.64. The van der Waals surface area contributed by atoms with Gasteiger partial charge in [-0.05, 0) is 49.6 Å². The maximum atomic E-state index is 12.1. The summed E-state index contributed by atoms with van der Waals surface area (Å²) >= 11 is 0. The Hall–Kier alpha value is -3.02. The van der Waals surface area contributed by atoms with Crippen molar-refractivity contribution < 1.29 is 19.1 Å². The second-order valence-corrected chi connectivity index (χ2v) is 5.89. The molecule has 2 rings (SSSR count). The van der Waals surface area contributed by atoms with Gasteiger partial charge in [-0.2, -0.15) is 0 Å². The molecule has 2 N–H and O–H groups in total. The second-order valence-electron chi connectivity index (χ2n) is 5.89. The molecule has 26 heavy (non-hydrogen) atoms. The molecule has 0 aliphatic carbocycles. The van der Waals surface area contributed by atoms with Crippen LogP contribution in [0.4, 0.5) is 0 Å². The fourth-order valence-electron chi connectivity index (χ4n) is 2.35. The van der Waals surface area contributed by atoms with Gasteiger partial charge in [-0.15, -0.1) is 0 Å². The van der Waals surface area contributed by atoms with Gasteiger partial charge in [-0.25, -0.2) is 0 Å². The third kappa shape index (κ3) is 5.51. The van der Waals surface area contributed by atoms with E-state index in [9.17, 15) is 9.59 Å². The molecule has 6 nitrogen and oxygen atoms in total. The van der Waals surface area contributed by atoms with Crippen LogP contribution in [-0.2, 0) is 4.79 Å². The molecule has 2 aromatic carbocycles. The number of nitrogens with one attached hydrogen (secondary N) is 2. The predicted octanol–water partition coefficient (Wildman–Crippen LogP) is 2.93. The number of ether oxygens (including phenoxy) is 2. The van der Waals surface area contributed by atoms with Crippen LogP contribution < -0.4 is 20.3 Å². The van der Waals surface area contributed by atoms with Gasteiger partial charge in [0.25, 0.3) is 11.8 Å². The lowest BCUT2D eigenvalue weighted by atomic mass is 10.1. The van der Waals surface area contributed by atoms with Gasteiger partial charge in [0.1, 0.15) is 11.5 Å². The molecular formula is C20H24N2O4. The zero-order chi connectivity index (χ0) is 18.9. The first-order valence-electron chi connectivity index (χ1n) is 8.52. The maximum Gasteiger partial charge on any atom is 0.276 e. The van der Waals surface area contributed by atoms with Crippen molar-refractivity contribution >= 4 is 11.8 Å². The summed E-state index contributed by atoms with van der Waals surface area (Å²) in [5, 5.41) is 0. The molecule has 0 saturated heterocycles. The van der Waals surface area contributed by atoms with Crippen LogP contribution in [0, 0.1) is 13.8 Å². The fourth-order valence-corrected chi connectivity index (χ4v) is 2.35. The highest BCUT2D eigenvalue weighted by Gasteiger charge is 2.10. The van der Waals surface area contributed by atoms with Crippen molar-refractivity contribution in [2.75, 3.05) is 13.2 Å². The summed E-state index contributed by atoms with van der Waals surface area (Å²) in [5.74, 6) is 0.422. The van der Waals surface area contributed by atoms with Gasteiger partial charge >= 0.3 is 0 Å². The first-order valence-corrected chi connectivity index (χ1v) is 8.52. The van der Waals surface area contributed by atoms with E-state index in [4.69, 9.17) is 9.47 Å². The Balaban J connectivity index is 1.84. The Bertz CT molecular complexity index is 754. The van der Waals surface area contributed by atoms with Crippen LogP contribution in [0.3, 0.4) is 0 Å². The zero-order valence-corrected chi connectivity index (χ0v) is 15.3. The van der Waals surface area contributed by atoms with Crippen LogP contribution in [0.5, 0.6) is 11.5 Å². The summed E-state index contributed by atoms with van der Waals surface area (Å²) in [5.41, 5.74) is 7.02. The minimum Gasteiger partial charge on any atom is -0.494 e. The summed E-state index contributed by atoms with van der Waals surface area (Å²) in [4.78, 5) is 24.0. The molecule has 0 saturated carbocycles. The number of rotatable bonds is 7. The van der Waals surface area contributed by atoms with E-state index in [1.165, 1.54) is 0 Å². The van der Waals surface area contributed by atoms with Gasteiger partial charge in [0, 0.05) is 5.56 Å². The number of hydrogen-bond acceptors (Lipinski definition) is 4. The van der Waals surface area contributed by atoms with Gasteiger partial charge in [-0.1, -0.05) is 31.2 Å². The summed E-state index contributed by atoms with van der Waals surface area (Å²) in [6.07, 6.45) is 0.882. The average molecular weight is 356 g/mol. The lowest BCUT2D eigenvalue weighted by Gasteiger charge is -2.12. The number of hydrazine groups is 1. The first kappa shape index (κ1) is 19.3. The standard InChI is InChI=1S/C20H24N2O4/c1-4-11-25-17-10-6-9-16(12-17)20(24)22-21-18(23)13-26-19-14(2)7-5-8-15(19)3/h5-10,12H,4,11,13H2,1-3H3,(H,21,23)(H,22,24). The van der Waals surface area contributed by atoms with Crippen molar-refractivity contribution in [3.05, 3.63) is 59.2 Å². The van der Waals surface area contributed by atoms with E-state index in [0.717, 1.165) is 17.5 Å². The lowest BCUT2D eigenvalue weighted by molar-refractivity contribution is -0.123. The number of para-hydroxylation sites is 1. The van der Waals surface area contributed by atoms with Crippen molar-refractivity contribution in [3.63, 3.8) is 0 Å². The van der Waals surface area contributed by atoms with Gasteiger partial charge in [0.05, 0.1) is 6.61 Å². The fraction of sp³-hybridized carbons (Fsp3) is 0.300. The van der Waals surface area contributed by atoms with Crippen molar-refractivity contribution in [2.24, 2.45) is 0 Å². The molecule has 0 fully saturated rings. The molecule has 0 aliphatic heterocycles. The topological polar surface area (TPSA) is 76.7 Å². The lowest BCUT2D eigenvalue weighted by Crippen LogP contribution is -2.43. The summed E-state index contributed by atoms with van der Waals surface area (Å²) in [7, 11) is 0. The summed E-state index contributed by atoms with van der Waals surface area (Å²) < 4.78 is 11.0. The molecule has 0 radical (unpaired) electrons. The number of carbonyl (C=O) groups excluding carboxylic acids is 2. The van der Waals surface area contributed by atoms with Crippen LogP contribution in [0.15, 0.2) is 42.5 Å². The van der Waals surface area contributed by atoms with Crippen LogP contribution in [0.2, 0.25) is 0 Å². The Morgan fingerprint density at radius 3 is 2.35 bits per heavy atom. The van der Waals surface area contributed by atoms with Gasteiger partial charge < -0.3 is 9.47 Å². The van der Waals surface area contributed by atoms with E-state index < -0.39 is 11.8 Å². The quantitative estimate of drug-likeness (QED) is 0.748. The van der Waals surface area contributed by atoms with Crippen LogP contribution in [0.25, 0.3) is 0 Å². The Morgan fingerprint density at radius 1 is 0.962 bits per heavy atom. The van der Waals surface area contributed by atoms with Gasteiger partial charge in [0.15, 0.2) is 6.61 Å². The molecular weight excluding hydrogens is 332 g/mol. The van der Waals surface area contributed by atoms with Crippen LogP contribution >= 0.6 is 0 Å². The van der Waals surface area contributed by atoms with Gasteiger partial charge in [-0.3, -0.25) is 20.4 Å². The normalized spacial score (nSPS) is 10.1. The minimum atomic E-state index is -0.445. The highest BCUT2D eigenvalue weighted by atomic mass is 16.5. The zero-order valence-electron chi connectivity index (χ0n) is 15.3. The largest absolute Gasteiger partial charge is 0.494 e. The predicted molar refractivity (Wildman–Crippen MR) is 99.2 cm³/mol. The molecule has 0 aromatic heterocycles. The minimum absolute atomic E-state index is 0.189. The molecule has 0 bridgehead atoms. The third-order valence-corrected chi connectivity index (χ3v) is 3.64.